The normalized spacial score (nSPS) is 12.3. The molecule has 0 heterocycles. The Labute approximate surface area is 395 Å². The second kappa shape index (κ2) is 18.4. The Morgan fingerprint density at radius 3 is 0.940 bits per heavy atom. The lowest BCUT2D eigenvalue weighted by molar-refractivity contribution is 0.103. The fraction of sp³-hybridized carbons (Fsp3) is 0.0758. The van der Waals surface area contributed by atoms with Crippen molar-refractivity contribution in [3.63, 3.8) is 0 Å². The van der Waals surface area contributed by atoms with E-state index in [1.807, 2.05) is 27.7 Å². The van der Waals surface area contributed by atoms with Crippen LogP contribution in [0.1, 0.15) is 65.9 Å². The Morgan fingerprint density at radius 1 is 0.224 bits per heavy atom. The molecule has 0 radical (unpaired) electrons. The summed E-state index contributed by atoms with van der Waals surface area (Å²) in [4.78, 5) is 15.4. The second-order valence-electron chi connectivity index (χ2n) is 16.8. The van der Waals surface area contributed by atoms with Gasteiger partial charge < -0.3 is 0 Å². The molecule has 0 amide bonds. The first-order chi connectivity index (χ1) is 33.1. The molecule has 1 heteroatoms. The summed E-state index contributed by atoms with van der Waals surface area (Å²) in [6.07, 6.45) is 0. The third kappa shape index (κ3) is 7.44. The highest BCUT2D eigenvalue weighted by atomic mass is 16.1. The van der Waals surface area contributed by atoms with E-state index in [9.17, 15) is 0 Å². The molecule has 67 heavy (non-hydrogen) atoms. The first-order valence-electron chi connectivity index (χ1n) is 23.7. The molecule has 322 valence electrons. The van der Waals surface area contributed by atoms with Gasteiger partial charge in [-0.3, -0.25) is 4.79 Å². The van der Waals surface area contributed by atoms with Gasteiger partial charge in [-0.25, -0.2) is 0 Å². The van der Waals surface area contributed by atoms with Crippen molar-refractivity contribution in [2.45, 2.75) is 33.1 Å². The van der Waals surface area contributed by atoms with E-state index in [-0.39, 0.29) is 5.78 Å². The van der Waals surface area contributed by atoms with Crippen molar-refractivity contribution in [3.8, 4) is 77.9 Å². The van der Waals surface area contributed by atoms with Crippen molar-refractivity contribution >= 4 is 5.78 Å². The molecule has 0 saturated heterocycles. The molecule has 2 aliphatic carbocycles. The van der Waals surface area contributed by atoms with Gasteiger partial charge in [0.15, 0.2) is 5.78 Å². The number of fused-ring (bicyclic) bond motifs is 9. The van der Waals surface area contributed by atoms with Gasteiger partial charge in [0.1, 0.15) is 0 Å². The average Bonchev–Trinajstić information content (AvgIpc) is 3.72. The molecule has 0 aliphatic heterocycles. The SMILES string of the molecule is CC.CC.O=C1c2cc(-c3cc(-c4ccccc4)cc(-c4ccccc4)c3)ccc2C2(c3cc(-c4cc(-c5ccccc5)cc(-c5ccccc5)c4)ccc31)c1ccccc1-c1ccccc12. The Bertz CT molecular complexity index is 3220. The van der Waals surface area contributed by atoms with E-state index in [0.29, 0.717) is 0 Å². The first-order valence-corrected chi connectivity index (χ1v) is 23.7. The van der Waals surface area contributed by atoms with Crippen LogP contribution >= 0.6 is 0 Å². The molecule has 0 fully saturated rings. The topological polar surface area (TPSA) is 17.1 Å². The predicted octanol–water partition coefficient (Wildman–Crippen LogP) is 17.6. The summed E-state index contributed by atoms with van der Waals surface area (Å²) in [5, 5.41) is 0. The highest BCUT2D eigenvalue weighted by molar-refractivity contribution is 6.16. The molecule has 0 saturated carbocycles. The number of carbonyl (C=O) groups excluding carboxylic acids is 1. The van der Waals surface area contributed by atoms with Crippen LogP contribution in [0.5, 0.6) is 0 Å². The lowest BCUT2D eigenvalue weighted by Crippen LogP contribution is -2.36. The zero-order valence-electron chi connectivity index (χ0n) is 38.5. The van der Waals surface area contributed by atoms with Crippen LogP contribution in [0.15, 0.2) is 243 Å². The number of rotatable bonds is 6. The molecule has 0 bridgehead atoms. The molecule has 0 atom stereocenters. The molecular weight excluding hydrogens is 809 g/mol. The summed E-state index contributed by atoms with van der Waals surface area (Å²) in [5.41, 5.74) is 21.1. The fourth-order valence-corrected chi connectivity index (χ4v) is 10.4. The van der Waals surface area contributed by atoms with Crippen molar-refractivity contribution in [1.29, 1.82) is 0 Å². The minimum absolute atomic E-state index is 0.0476. The van der Waals surface area contributed by atoms with E-state index in [2.05, 4.69) is 243 Å². The Morgan fingerprint density at radius 2 is 0.537 bits per heavy atom. The molecule has 10 aromatic rings. The summed E-state index contributed by atoms with van der Waals surface area (Å²) in [6, 6.07) is 86.8. The number of hydrogen-bond acceptors (Lipinski definition) is 1. The van der Waals surface area contributed by atoms with E-state index in [4.69, 9.17) is 0 Å². The summed E-state index contributed by atoms with van der Waals surface area (Å²) in [7, 11) is 0. The monoisotopic (exact) mass is 860 g/mol. The van der Waals surface area contributed by atoms with Gasteiger partial charge in [0, 0.05) is 11.1 Å². The molecule has 2 aliphatic rings. The van der Waals surface area contributed by atoms with Gasteiger partial charge in [0.05, 0.1) is 5.41 Å². The van der Waals surface area contributed by atoms with Crippen molar-refractivity contribution in [1.82, 2.24) is 0 Å². The smallest absolute Gasteiger partial charge is 0.193 e. The van der Waals surface area contributed by atoms with Crippen molar-refractivity contribution in [3.05, 3.63) is 276 Å². The predicted molar refractivity (Wildman–Crippen MR) is 282 cm³/mol. The fourth-order valence-electron chi connectivity index (χ4n) is 10.4. The maximum atomic E-state index is 15.4. The molecule has 1 nitrogen and oxygen atoms in total. The molecule has 12 rings (SSSR count). The quantitative estimate of drug-likeness (QED) is 0.163. The van der Waals surface area contributed by atoms with Crippen LogP contribution < -0.4 is 0 Å². The van der Waals surface area contributed by atoms with E-state index in [0.717, 1.165) is 89.0 Å². The van der Waals surface area contributed by atoms with Crippen LogP contribution in [-0.2, 0) is 5.41 Å². The zero-order chi connectivity index (χ0) is 45.9. The maximum absolute atomic E-state index is 15.4. The standard InChI is InChI=1S/C62H40O.2C2H6/c63-61-55-31-29-46(52-37-49(43-21-9-3-10-22-43)34-50(38-52)44-23-11-4-12-24-44)40-60(55)62(57-27-15-13-25-53(57)54-26-14-16-28-58(54)62)59-32-30-45(39-56(59)61)51-35-47(41-17-5-1-6-18-41)33-48(36-51)42-19-7-2-8-20-42;2*1-2/h1-40H;2*1-2H3. The lowest BCUT2D eigenvalue weighted by atomic mass is 9.60. The molecule has 1 spiro atoms. The van der Waals surface area contributed by atoms with Gasteiger partial charge in [-0.05, 0) is 149 Å². The van der Waals surface area contributed by atoms with Crippen LogP contribution in [0.25, 0.3) is 77.9 Å². The lowest BCUT2D eigenvalue weighted by Gasteiger charge is -2.40. The summed E-state index contributed by atoms with van der Waals surface area (Å²) in [5.74, 6) is 0.0476. The second-order valence-corrected chi connectivity index (χ2v) is 16.8. The minimum atomic E-state index is -0.722. The minimum Gasteiger partial charge on any atom is -0.289 e. The van der Waals surface area contributed by atoms with E-state index >= 15 is 4.79 Å². The van der Waals surface area contributed by atoms with Gasteiger partial charge >= 0.3 is 0 Å². The molecule has 0 unspecified atom stereocenters. The third-order valence-electron chi connectivity index (χ3n) is 13.2. The van der Waals surface area contributed by atoms with E-state index < -0.39 is 5.41 Å². The number of ketones is 1. The molecule has 0 N–H and O–H groups in total. The molecule has 0 aromatic heterocycles. The Hall–Kier alpha value is -8.13. The van der Waals surface area contributed by atoms with Crippen LogP contribution in [0, 0.1) is 0 Å². The molecular formula is C66H52O. The van der Waals surface area contributed by atoms with E-state index in [1.54, 1.807) is 0 Å². The van der Waals surface area contributed by atoms with Crippen molar-refractivity contribution in [2.75, 3.05) is 0 Å². The van der Waals surface area contributed by atoms with Crippen LogP contribution in [0.2, 0.25) is 0 Å². The van der Waals surface area contributed by atoms with Crippen molar-refractivity contribution < 1.29 is 4.79 Å². The van der Waals surface area contributed by atoms with Crippen LogP contribution in [-0.4, -0.2) is 5.78 Å². The highest BCUT2D eigenvalue weighted by Gasteiger charge is 2.51. The van der Waals surface area contributed by atoms with E-state index in [1.165, 1.54) is 22.3 Å². The number of benzene rings is 10. The van der Waals surface area contributed by atoms with Gasteiger partial charge in [-0.2, -0.15) is 0 Å². The van der Waals surface area contributed by atoms with Gasteiger partial charge in [-0.15, -0.1) is 0 Å². The average molecular weight is 861 g/mol. The third-order valence-corrected chi connectivity index (χ3v) is 13.2. The zero-order valence-corrected chi connectivity index (χ0v) is 38.5. The number of hydrogen-bond donors (Lipinski definition) is 0. The van der Waals surface area contributed by atoms with Crippen LogP contribution in [0.4, 0.5) is 0 Å². The molecule has 10 aromatic carbocycles. The van der Waals surface area contributed by atoms with Gasteiger partial charge in [0.2, 0.25) is 0 Å². The maximum Gasteiger partial charge on any atom is 0.193 e. The van der Waals surface area contributed by atoms with Crippen molar-refractivity contribution in [2.24, 2.45) is 0 Å². The largest absolute Gasteiger partial charge is 0.289 e. The summed E-state index contributed by atoms with van der Waals surface area (Å²) in [6.45, 7) is 8.00. The highest BCUT2D eigenvalue weighted by Crippen LogP contribution is 2.60. The number of carbonyl (C=O) groups is 1. The first kappa shape index (κ1) is 42.8. The van der Waals surface area contributed by atoms with Gasteiger partial charge in [0.25, 0.3) is 0 Å². The Kier molecular flexibility index (Phi) is 11.8. The van der Waals surface area contributed by atoms with Crippen LogP contribution in [0.3, 0.4) is 0 Å². The van der Waals surface area contributed by atoms with Gasteiger partial charge in [-0.1, -0.05) is 222 Å². The summed E-state index contributed by atoms with van der Waals surface area (Å²) >= 11 is 0. The Balaban J connectivity index is 0.00000128. The summed E-state index contributed by atoms with van der Waals surface area (Å²) < 4.78 is 0.